The Hall–Kier alpha value is -0.120. The van der Waals surface area contributed by atoms with Gasteiger partial charge in [0.1, 0.15) is 0 Å². The maximum Gasteiger partial charge on any atom is 0.0674 e. The summed E-state index contributed by atoms with van der Waals surface area (Å²) in [5.74, 6) is 0. The summed E-state index contributed by atoms with van der Waals surface area (Å²) < 4.78 is 5.70. The highest BCUT2D eigenvalue weighted by Gasteiger charge is 2.35. The van der Waals surface area contributed by atoms with Gasteiger partial charge in [-0.3, -0.25) is 4.90 Å². The highest BCUT2D eigenvalue weighted by Crippen LogP contribution is 2.36. The van der Waals surface area contributed by atoms with Gasteiger partial charge in [0.25, 0.3) is 0 Å². The second kappa shape index (κ2) is 5.68. The summed E-state index contributed by atoms with van der Waals surface area (Å²) in [5, 5.41) is 0. The quantitative estimate of drug-likeness (QED) is 0.820. The summed E-state index contributed by atoms with van der Waals surface area (Å²) in [5.41, 5.74) is 6.47. The number of hydrogen-bond donors (Lipinski definition) is 1. The van der Waals surface area contributed by atoms with E-state index in [1.54, 1.807) is 0 Å². The molecule has 0 aromatic carbocycles. The minimum Gasteiger partial charge on any atom is -0.376 e. The number of rotatable bonds is 3. The van der Waals surface area contributed by atoms with E-state index >= 15 is 0 Å². The maximum absolute atomic E-state index is 6.08. The van der Waals surface area contributed by atoms with Crippen molar-refractivity contribution < 1.29 is 4.74 Å². The number of morpholine rings is 1. The summed E-state index contributed by atoms with van der Waals surface area (Å²) in [6, 6.07) is 0.552. The van der Waals surface area contributed by atoms with Crippen molar-refractivity contribution in [2.45, 2.75) is 58.1 Å². The Morgan fingerprint density at radius 3 is 2.59 bits per heavy atom. The minimum absolute atomic E-state index is 0.379. The van der Waals surface area contributed by atoms with Gasteiger partial charge in [-0.05, 0) is 38.6 Å². The lowest BCUT2D eigenvalue weighted by Crippen LogP contribution is -2.53. The van der Waals surface area contributed by atoms with Crippen LogP contribution in [0.15, 0.2) is 0 Å². The first kappa shape index (κ1) is 13.3. The summed E-state index contributed by atoms with van der Waals surface area (Å²) in [4.78, 5) is 2.60. The van der Waals surface area contributed by atoms with E-state index in [9.17, 15) is 0 Å². The van der Waals surface area contributed by atoms with Crippen LogP contribution >= 0.6 is 0 Å². The Balaban J connectivity index is 1.96. The maximum atomic E-state index is 6.08. The van der Waals surface area contributed by atoms with Gasteiger partial charge in [0.2, 0.25) is 0 Å². The van der Waals surface area contributed by atoms with Gasteiger partial charge in [0, 0.05) is 19.1 Å². The highest BCUT2D eigenvalue weighted by atomic mass is 16.5. The second-order valence-corrected chi connectivity index (χ2v) is 6.19. The lowest BCUT2D eigenvalue weighted by atomic mass is 9.73. The van der Waals surface area contributed by atoms with Gasteiger partial charge in [-0.25, -0.2) is 0 Å². The molecule has 100 valence electrons. The monoisotopic (exact) mass is 240 g/mol. The summed E-state index contributed by atoms with van der Waals surface area (Å²) >= 11 is 0. The van der Waals surface area contributed by atoms with Crippen LogP contribution in [-0.4, -0.2) is 43.3 Å². The lowest BCUT2D eigenvalue weighted by molar-refractivity contribution is -0.0659. The Bertz CT molecular complexity index is 238. The SMILES string of the molecule is CC1CN(CC2(CN)CCCCC2)C(C)CO1. The third kappa shape index (κ3) is 3.21. The topological polar surface area (TPSA) is 38.5 Å². The van der Waals surface area contributed by atoms with Gasteiger partial charge in [-0.2, -0.15) is 0 Å². The summed E-state index contributed by atoms with van der Waals surface area (Å²) in [6.07, 6.45) is 7.15. The van der Waals surface area contributed by atoms with E-state index in [1.807, 2.05) is 0 Å². The van der Waals surface area contributed by atoms with Crippen LogP contribution in [0.2, 0.25) is 0 Å². The van der Waals surface area contributed by atoms with E-state index in [0.29, 0.717) is 17.6 Å². The number of nitrogens with zero attached hydrogens (tertiary/aromatic N) is 1. The molecule has 3 heteroatoms. The van der Waals surface area contributed by atoms with Crippen molar-refractivity contribution in [3.05, 3.63) is 0 Å². The van der Waals surface area contributed by atoms with Crippen molar-refractivity contribution in [1.29, 1.82) is 0 Å². The Kier molecular flexibility index (Phi) is 4.45. The molecule has 1 heterocycles. The van der Waals surface area contributed by atoms with Gasteiger partial charge >= 0.3 is 0 Å². The Morgan fingerprint density at radius 2 is 1.94 bits per heavy atom. The molecule has 0 amide bonds. The second-order valence-electron chi connectivity index (χ2n) is 6.19. The molecule has 2 unspecified atom stereocenters. The first-order valence-electron chi connectivity index (χ1n) is 7.21. The van der Waals surface area contributed by atoms with E-state index in [0.717, 1.165) is 19.7 Å². The molecule has 0 aromatic heterocycles. The largest absolute Gasteiger partial charge is 0.376 e. The fourth-order valence-electron chi connectivity index (χ4n) is 3.35. The molecule has 0 aromatic rings. The predicted molar refractivity (Wildman–Crippen MR) is 71.0 cm³/mol. The number of nitrogens with two attached hydrogens (primary N) is 1. The standard InChI is InChI=1S/C14H28N2O/c1-12-9-17-13(2)8-16(12)11-14(10-15)6-4-3-5-7-14/h12-13H,3-11,15H2,1-2H3. The van der Waals surface area contributed by atoms with Crippen molar-refractivity contribution in [1.82, 2.24) is 4.90 Å². The van der Waals surface area contributed by atoms with Crippen LogP contribution in [0, 0.1) is 5.41 Å². The molecule has 0 bridgehead atoms. The van der Waals surface area contributed by atoms with Crippen LogP contribution in [0.5, 0.6) is 0 Å². The molecule has 2 rings (SSSR count). The minimum atomic E-state index is 0.379. The zero-order valence-corrected chi connectivity index (χ0v) is 11.5. The molecule has 2 atom stereocenters. The van der Waals surface area contributed by atoms with Crippen LogP contribution in [-0.2, 0) is 4.74 Å². The molecule has 0 radical (unpaired) electrons. The van der Waals surface area contributed by atoms with Crippen LogP contribution in [0.3, 0.4) is 0 Å². The molecular weight excluding hydrogens is 212 g/mol. The molecule has 17 heavy (non-hydrogen) atoms. The zero-order valence-electron chi connectivity index (χ0n) is 11.5. The van der Waals surface area contributed by atoms with Gasteiger partial charge in [-0.1, -0.05) is 19.3 Å². The first-order chi connectivity index (χ1) is 8.15. The molecule has 0 spiro atoms. The molecule has 2 aliphatic rings. The Labute approximate surface area is 106 Å². The predicted octanol–water partition coefficient (Wildman–Crippen LogP) is 2.00. The molecular formula is C14H28N2O. The molecule has 1 aliphatic heterocycles. The van der Waals surface area contributed by atoms with Crippen LogP contribution in [0.25, 0.3) is 0 Å². The average molecular weight is 240 g/mol. The molecule has 3 nitrogen and oxygen atoms in total. The summed E-state index contributed by atoms with van der Waals surface area (Å²) in [7, 11) is 0. The third-order valence-electron chi connectivity index (χ3n) is 4.62. The molecule has 1 aliphatic carbocycles. The lowest BCUT2D eigenvalue weighted by Gasteiger charge is -2.45. The van der Waals surface area contributed by atoms with E-state index in [2.05, 4.69) is 18.7 Å². The molecule has 1 saturated heterocycles. The Morgan fingerprint density at radius 1 is 1.24 bits per heavy atom. The average Bonchev–Trinajstić information content (AvgIpc) is 2.35. The smallest absolute Gasteiger partial charge is 0.0674 e. The highest BCUT2D eigenvalue weighted by molar-refractivity contribution is 4.89. The van der Waals surface area contributed by atoms with E-state index < -0.39 is 0 Å². The molecule has 1 saturated carbocycles. The number of ether oxygens (including phenoxy) is 1. The van der Waals surface area contributed by atoms with Gasteiger partial charge in [0.05, 0.1) is 12.7 Å². The van der Waals surface area contributed by atoms with Gasteiger partial charge in [-0.15, -0.1) is 0 Å². The fraction of sp³-hybridized carbons (Fsp3) is 1.00. The van der Waals surface area contributed by atoms with E-state index in [1.165, 1.54) is 38.6 Å². The van der Waals surface area contributed by atoms with Crippen LogP contribution in [0.1, 0.15) is 46.0 Å². The van der Waals surface area contributed by atoms with E-state index in [-0.39, 0.29) is 0 Å². The van der Waals surface area contributed by atoms with E-state index in [4.69, 9.17) is 10.5 Å². The van der Waals surface area contributed by atoms with Crippen molar-refractivity contribution in [2.75, 3.05) is 26.2 Å². The van der Waals surface area contributed by atoms with Crippen LogP contribution in [0.4, 0.5) is 0 Å². The van der Waals surface area contributed by atoms with Gasteiger partial charge < -0.3 is 10.5 Å². The fourth-order valence-corrected chi connectivity index (χ4v) is 3.35. The van der Waals surface area contributed by atoms with Crippen molar-refractivity contribution in [3.8, 4) is 0 Å². The number of hydrogen-bond acceptors (Lipinski definition) is 3. The zero-order chi connectivity index (χ0) is 12.3. The summed E-state index contributed by atoms with van der Waals surface area (Å²) in [6.45, 7) is 8.43. The van der Waals surface area contributed by atoms with Gasteiger partial charge in [0.15, 0.2) is 0 Å². The molecule has 2 N–H and O–H groups in total. The third-order valence-corrected chi connectivity index (χ3v) is 4.62. The molecule has 2 fully saturated rings. The van der Waals surface area contributed by atoms with Crippen molar-refractivity contribution in [3.63, 3.8) is 0 Å². The van der Waals surface area contributed by atoms with Crippen molar-refractivity contribution >= 4 is 0 Å². The first-order valence-corrected chi connectivity index (χ1v) is 7.21. The van der Waals surface area contributed by atoms with Crippen molar-refractivity contribution in [2.24, 2.45) is 11.1 Å². The normalized spacial score (nSPS) is 34.8. The van der Waals surface area contributed by atoms with Crippen LogP contribution < -0.4 is 5.73 Å².